The van der Waals surface area contributed by atoms with Crippen LogP contribution in [0.25, 0.3) is 0 Å². The molecule has 7 heteroatoms. The van der Waals surface area contributed by atoms with Crippen LogP contribution in [0.5, 0.6) is 0 Å². The Labute approximate surface area is 123 Å². The molecular formula is C14H22N4O3. The number of nitrogens with zero attached hydrogens (tertiary/aromatic N) is 2. The molecule has 1 aliphatic heterocycles. The average Bonchev–Trinajstić information content (AvgIpc) is 2.82. The standard InChI is InChI=1S/C14H22N4O3/c1-14(2,3)4-5-15-13(21)18-7-10-9(16-8-17-10)6-11(18)12(19)20/h8,11H,4-7H2,1-3H3,(H,15,21)(H,16,17)(H,19,20). The molecule has 2 amide bonds. The number of imidazole rings is 1. The zero-order valence-electron chi connectivity index (χ0n) is 12.6. The van der Waals surface area contributed by atoms with Crippen LogP contribution >= 0.6 is 0 Å². The summed E-state index contributed by atoms with van der Waals surface area (Å²) in [5.74, 6) is -1.00. The Morgan fingerprint density at radius 2 is 2.24 bits per heavy atom. The second-order valence-electron chi connectivity index (χ2n) is 6.56. The van der Waals surface area contributed by atoms with E-state index in [9.17, 15) is 14.7 Å². The molecule has 0 bridgehead atoms. The lowest BCUT2D eigenvalue weighted by Crippen LogP contribution is -2.52. The number of rotatable bonds is 3. The highest BCUT2D eigenvalue weighted by Gasteiger charge is 2.35. The van der Waals surface area contributed by atoms with E-state index in [1.807, 2.05) is 0 Å². The van der Waals surface area contributed by atoms with Crippen LogP contribution in [-0.2, 0) is 17.8 Å². The molecule has 0 fully saturated rings. The summed E-state index contributed by atoms with van der Waals surface area (Å²) >= 11 is 0. The van der Waals surface area contributed by atoms with Gasteiger partial charge in [0.1, 0.15) is 6.04 Å². The number of amides is 2. The van der Waals surface area contributed by atoms with E-state index >= 15 is 0 Å². The fourth-order valence-corrected chi connectivity index (χ4v) is 2.32. The van der Waals surface area contributed by atoms with Crippen LogP contribution in [-0.4, -0.2) is 44.6 Å². The highest BCUT2D eigenvalue weighted by atomic mass is 16.4. The Kier molecular flexibility index (Phi) is 4.20. The van der Waals surface area contributed by atoms with Gasteiger partial charge in [-0.05, 0) is 11.8 Å². The highest BCUT2D eigenvalue weighted by molar-refractivity contribution is 5.83. The minimum Gasteiger partial charge on any atom is -0.480 e. The van der Waals surface area contributed by atoms with Crippen LogP contribution in [0, 0.1) is 5.41 Å². The number of aliphatic carboxylic acids is 1. The Morgan fingerprint density at radius 3 is 2.86 bits per heavy atom. The minimum atomic E-state index is -1.00. The van der Waals surface area contributed by atoms with Crippen molar-refractivity contribution < 1.29 is 14.7 Å². The van der Waals surface area contributed by atoms with Gasteiger partial charge in [0.25, 0.3) is 0 Å². The number of hydrogen-bond donors (Lipinski definition) is 3. The van der Waals surface area contributed by atoms with Gasteiger partial charge in [0.2, 0.25) is 0 Å². The monoisotopic (exact) mass is 294 g/mol. The van der Waals surface area contributed by atoms with Crippen molar-refractivity contribution in [3.8, 4) is 0 Å². The van der Waals surface area contributed by atoms with E-state index in [1.165, 1.54) is 11.2 Å². The molecule has 0 saturated carbocycles. The zero-order valence-corrected chi connectivity index (χ0v) is 12.6. The lowest BCUT2D eigenvalue weighted by atomic mass is 9.92. The first-order valence-electron chi connectivity index (χ1n) is 7.06. The number of carbonyl (C=O) groups excluding carboxylic acids is 1. The van der Waals surface area contributed by atoms with Crippen LogP contribution in [0.4, 0.5) is 4.79 Å². The first kappa shape index (κ1) is 15.3. The quantitative estimate of drug-likeness (QED) is 0.784. The van der Waals surface area contributed by atoms with Crippen molar-refractivity contribution in [1.29, 1.82) is 0 Å². The predicted octanol–water partition coefficient (Wildman–Crippen LogP) is 1.37. The van der Waals surface area contributed by atoms with E-state index in [1.54, 1.807) is 0 Å². The maximum Gasteiger partial charge on any atom is 0.326 e. The zero-order chi connectivity index (χ0) is 15.6. The topological polar surface area (TPSA) is 98.3 Å². The predicted molar refractivity (Wildman–Crippen MR) is 76.7 cm³/mol. The second-order valence-corrected chi connectivity index (χ2v) is 6.56. The number of urea groups is 1. The maximum atomic E-state index is 12.2. The first-order valence-corrected chi connectivity index (χ1v) is 7.06. The van der Waals surface area contributed by atoms with E-state index < -0.39 is 12.0 Å². The Bertz CT molecular complexity index is 533. The van der Waals surface area contributed by atoms with Crippen molar-refractivity contribution in [2.75, 3.05) is 6.54 Å². The van der Waals surface area contributed by atoms with Gasteiger partial charge in [0.15, 0.2) is 0 Å². The van der Waals surface area contributed by atoms with Crippen LogP contribution in [0.2, 0.25) is 0 Å². The third-order valence-electron chi connectivity index (χ3n) is 3.60. The third-order valence-corrected chi connectivity index (χ3v) is 3.60. The molecule has 1 atom stereocenters. The molecule has 0 aromatic carbocycles. The van der Waals surface area contributed by atoms with Crippen LogP contribution in [0.15, 0.2) is 6.33 Å². The highest BCUT2D eigenvalue weighted by Crippen LogP contribution is 2.21. The van der Waals surface area contributed by atoms with E-state index in [2.05, 4.69) is 36.1 Å². The summed E-state index contributed by atoms with van der Waals surface area (Å²) in [5.41, 5.74) is 1.65. The van der Waals surface area contributed by atoms with Crippen molar-refractivity contribution in [2.45, 2.75) is 46.2 Å². The van der Waals surface area contributed by atoms with Crippen molar-refractivity contribution in [2.24, 2.45) is 5.41 Å². The summed E-state index contributed by atoms with van der Waals surface area (Å²) in [5, 5.41) is 12.1. The van der Waals surface area contributed by atoms with E-state index in [4.69, 9.17) is 0 Å². The lowest BCUT2D eigenvalue weighted by molar-refractivity contribution is -0.142. The van der Waals surface area contributed by atoms with Gasteiger partial charge in [-0.2, -0.15) is 0 Å². The number of carboxylic acids is 1. The number of carbonyl (C=O) groups is 2. The van der Waals surface area contributed by atoms with Crippen molar-refractivity contribution in [3.05, 3.63) is 17.7 Å². The fourth-order valence-electron chi connectivity index (χ4n) is 2.32. The van der Waals surface area contributed by atoms with Crippen molar-refractivity contribution in [3.63, 3.8) is 0 Å². The lowest BCUT2D eigenvalue weighted by Gasteiger charge is -2.32. The molecule has 1 unspecified atom stereocenters. The molecule has 1 aromatic rings. The van der Waals surface area contributed by atoms with Gasteiger partial charge in [-0.3, -0.25) is 0 Å². The average molecular weight is 294 g/mol. The van der Waals surface area contributed by atoms with Gasteiger partial charge < -0.3 is 20.3 Å². The van der Waals surface area contributed by atoms with Crippen LogP contribution in [0.3, 0.4) is 0 Å². The molecular weight excluding hydrogens is 272 g/mol. The van der Waals surface area contributed by atoms with E-state index in [0.29, 0.717) is 6.54 Å². The van der Waals surface area contributed by atoms with E-state index in [-0.39, 0.29) is 24.4 Å². The molecule has 0 spiro atoms. The Hall–Kier alpha value is -2.05. The number of H-pyrrole nitrogens is 1. The summed E-state index contributed by atoms with van der Waals surface area (Å²) in [4.78, 5) is 32.0. The number of hydrogen-bond acceptors (Lipinski definition) is 3. The van der Waals surface area contributed by atoms with Gasteiger partial charge in [-0.25, -0.2) is 14.6 Å². The van der Waals surface area contributed by atoms with Crippen LogP contribution < -0.4 is 5.32 Å². The van der Waals surface area contributed by atoms with Gasteiger partial charge in [0, 0.05) is 13.0 Å². The number of aromatic amines is 1. The van der Waals surface area contributed by atoms with Gasteiger partial charge in [-0.1, -0.05) is 20.8 Å². The molecule has 21 heavy (non-hydrogen) atoms. The SMILES string of the molecule is CC(C)(C)CCNC(=O)N1Cc2[nH]cnc2CC1C(=O)O. The molecule has 0 radical (unpaired) electrons. The molecule has 2 heterocycles. The number of aromatic nitrogens is 2. The Balaban J connectivity index is 2.02. The minimum absolute atomic E-state index is 0.123. The fraction of sp³-hybridized carbons (Fsp3) is 0.643. The maximum absolute atomic E-state index is 12.2. The molecule has 1 aromatic heterocycles. The molecule has 0 saturated heterocycles. The smallest absolute Gasteiger partial charge is 0.326 e. The third kappa shape index (κ3) is 3.74. The molecule has 0 aliphatic carbocycles. The molecule has 2 rings (SSSR count). The second kappa shape index (κ2) is 5.75. The van der Waals surface area contributed by atoms with E-state index in [0.717, 1.165) is 17.8 Å². The van der Waals surface area contributed by atoms with Crippen molar-refractivity contribution >= 4 is 12.0 Å². The summed E-state index contributed by atoms with van der Waals surface area (Å²) in [6.07, 6.45) is 2.60. The normalized spacial score (nSPS) is 18.2. The Morgan fingerprint density at radius 1 is 1.52 bits per heavy atom. The van der Waals surface area contributed by atoms with Gasteiger partial charge >= 0.3 is 12.0 Å². The van der Waals surface area contributed by atoms with Crippen LogP contribution in [0.1, 0.15) is 38.6 Å². The summed E-state index contributed by atoms with van der Waals surface area (Å²) < 4.78 is 0. The van der Waals surface area contributed by atoms with Gasteiger partial charge in [0.05, 0.1) is 24.3 Å². The van der Waals surface area contributed by atoms with Gasteiger partial charge in [-0.15, -0.1) is 0 Å². The number of fused-ring (bicyclic) bond motifs is 1. The molecule has 116 valence electrons. The summed E-state index contributed by atoms with van der Waals surface area (Å²) in [6.45, 7) is 7.06. The number of carboxylic acid groups (broad SMARTS) is 1. The van der Waals surface area contributed by atoms with Crippen molar-refractivity contribution in [1.82, 2.24) is 20.2 Å². The summed E-state index contributed by atoms with van der Waals surface area (Å²) in [6, 6.07) is -1.21. The molecule has 1 aliphatic rings. The first-order chi connectivity index (χ1) is 9.78. The molecule has 7 nitrogen and oxygen atoms in total. The number of nitrogens with one attached hydrogen (secondary N) is 2. The molecule has 3 N–H and O–H groups in total. The largest absolute Gasteiger partial charge is 0.480 e. The summed E-state index contributed by atoms with van der Waals surface area (Å²) in [7, 11) is 0.